The Bertz CT molecular complexity index is 629. The molecule has 0 aliphatic heterocycles. The molecule has 1 amide bonds. The van der Waals surface area contributed by atoms with Gasteiger partial charge in [0.25, 0.3) is 0 Å². The van der Waals surface area contributed by atoms with E-state index in [0.29, 0.717) is 6.54 Å². The molecule has 114 valence electrons. The molecule has 2 aromatic rings. The lowest BCUT2D eigenvalue weighted by Crippen LogP contribution is -2.36. The zero-order chi connectivity index (χ0) is 15.9. The summed E-state index contributed by atoms with van der Waals surface area (Å²) < 4.78 is 0. The van der Waals surface area contributed by atoms with Crippen molar-refractivity contribution in [1.82, 2.24) is 4.90 Å². The molecule has 0 bridgehead atoms. The molecule has 0 saturated heterocycles. The maximum atomic E-state index is 12.8. The standard InChI is InChI=1S/C20H23NO/c1-16(2)21(15-19-12-8-5-9-13-19)20(22)17(3)14-18-10-6-4-7-11-18/h4-14,16H,15H2,1-3H3. The highest BCUT2D eigenvalue weighted by molar-refractivity contribution is 5.97. The number of benzene rings is 2. The zero-order valence-electron chi connectivity index (χ0n) is 13.5. The Balaban J connectivity index is 2.17. The van der Waals surface area contributed by atoms with Gasteiger partial charge in [-0.3, -0.25) is 4.79 Å². The van der Waals surface area contributed by atoms with E-state index in [1.807, 2.05) is 66.4 Å². The van der Waals surface area contributed by atoms with Crippen LogP contribution in [-0.4, -0.2) is 16.8 Å². The van der Waals surface area contributed by atoms with E-state index < -0.39 is 0 Å². The first-order valence-electron chi connectivity index (χ1n) is 7.66. The van der Waals surface area contributed by atoms with Gasteiger partial charge in [-0.15, -0.1) is 0 Å². The van der Waals surface area contributed by atoms with Crippen LogP contribution in [0.15, 0.2) is 66.2 Å². The van der Waals surface area contributed by atoms with Crippen LogP contribution < -0.4 is 0 Å². The predicted octanol–water partition coefficient (Wildman–Crippen LogP) is 4.53. The second kappa shape index (κ2) is 7.60. The van der Waals surface area contributed by atoms with Crippen molar-refractivity contribution >= 4 is 12.0 Å². The SMILES string of the molecule is CC(=Cc1ccccc1)C(=O)N(Cc1ccccc1)C(C)C. The number of amides is 1. The van der Waals surface area contributed by atoms with Gasteiger partial charge in [-0.1, -0.05) is 60.7 Å². The Hall–Kier alpha value is -2.35. The fraction of sp³-hybridized carbons (Fsp3) is 0.250. The van der Waals surface area contributed by atoms with E-state index >= 15 is 0 Å². The minimum absolute atomic E-state index is 0.0858. The third kappa shape index (κ3) is 4.32. The molecule has 0 aromatic heterocycles. The second-order valence-electron chi connectivity index (χ2n) is 5.75. The predicted molar refractivity (Wildman–Crippen MR) is 92.2 cm³/mol. The first kappa shape index (κ1) is 16.0. The summed E-state index contributed by atoms with van der Waals surface area (Å²) in [5.74, 6) is 0.0858. The van der Waals surface area contributed by atoms with E-state index in [-0.39, 0.29) is 11.9 Å². The molecule has 0 N–H and O–H groups in total. The van der Waals surface area contributed by atoms with Gasteiger partial charge in [0, 0.05) is 18.2 Å². The zero-order valence-corrected chi connectivity index (χ0v) is 13.5. The van der Waals surface area contributed by atoms with Crippen LogP contribution in [0.5, 0.6) is 0 Å². The third-order valence-electron chi connectivity index (χ3n) is 3.60. The highest BCUT2D eigenvalue weighted by atomic mass is 16.2. The molecule has 0 aliphatic carbocycles. The van der Waals surface area contributed by atoms with Crippen LogP contribution in [-0.2, 0) is 11.3 Å². The highest BCUT2D eigenvalue weighted by Gasteiger charge is 2.18. The molecule has 0 spiro atoms. The van der Waals surface area contributed by atoms with Gasteiger partial charge in [0.05, 0.1) is 0 Å². The molecule has 22 heavy (non-hydrogen) atoms. The first-order valence-corrected chi connectivity index (χ1v) is 7.66. The fourth-order valence-electron chi connectivity index (χ4n) is 2.36. The molecule has 0 atom stereocenters. The lowest BCUT2D eigenvalue weighted by molar-refractivity contribution is -0.129. The maximum Gasteiger partial charge on any atom is 0.250 e. The average Bonchev–Trinajstić information content (AvgIpc) is 2.53. The molecule has 0 heterocycles. The number of hydrogen-bond donors (Lipinski definition) is 0. The Morgan fingerprint density at radius 3 is 2.09 bits per heavy atom. The van der Waals surface area contributed by atoms with Crippen molar-refractivity contribution in [3.8, 4) is 0 Å². The fourth-order valence-corrected chi connectivity index (χ4v) is 2.36. The van der Waals surface area contributed by atoms with Crippen LogP contribution in [0.2, 0.25) is 0 Å². The monoisotopic (exact) mass is 293 g/mol. The van der Waals surface area contributed by atoms with Crippen molar-refractivity contribution in [2.24, 2.45) is 0 Å². The van der Waals surface area contributed by atoms with E-state index in [9.17, 15) is 4.79 Å². The van der Waals surface area contributed by atoms with E-state index in [2.05, 4.69) is 26.0 Å². The molecule has 2 aromatic carbocycles. The first-order chi connectivity index (χ1) is 10.6. The van der Waals surface area contributed by atoms with Gasteiger partial charge < -0.3 is 4.90 Å². The van der Waals surface area contributed by atoms with Crippen LogP contribution in [0.3, 0.4) is 0 Å². The van der Waals surface area contributed by atoms with Crippen LogP contribution in [0.4, 0.5) is 0 Å². The van der Waals surface area contributed by atoms with Crippen molar-refractivity contribution in [3.05, 3.63) is 77.4 Å². The van der Waals surface area contributed by atoms with Gasteiger partial charge in [-0.25, -0.2) is 0 Å². The summed E-state index contributed by atoms with van der Waals surface area (Å²) in [5, 5.41) is 0. The Morgan fingerprint density at radius 1 is 1.00 bits per heavy atom. The highest BCUT2D eigenvalue weighted by Crippen LogP contribution is 2.14. The molecule has 2 nitrogen and oxygen atoms in total. The second-order valence-corrected chi connectivity index (χ2v) is 5.75. The minimum atomic E-state index is 0.0858. The van der Waals surface area contributed by atoms with Crippen LogP contribution in [0.25, 0.3) is 6.08 Å². The molecule has 0 saturated carbocycles. The van der Waals surface area contributed by atoms with Crippen molar-refractivity contribution in [1.29, 1.82) is 0 Å². The van der Waals surface area contributed by atoms with E-state index in [1.165, 1.54) is 0 Å². The van der Waals surface area contributed by atoms with Crippen molar-refractivity contribution in [2.45, 2.75) is 33.4 Å². The number of carbonyl (C=O) groups is 1. The molecule has 0 aliphatic rings. The maximum absolute atomic E-state index is 12.8. The summed E-state index contributed by atoms with van der Waals surface area (Å²) in [6.07, 6.45) is 1.95. The van der Waals surface area contributed by atoms with Gasteiger partial charge in [0.15, 0.2) is 0 Å². The smallest absolute Gasteiger partial charge is 0.250 e. The quantitative estimate of drug-likeness (QED) is 0.742. The van der Waals surface area contributed by atoms with E-state index in [4.69, 9.17) is 0 Å². The molecule has 0 radical (unpaired) electrons. The third-order valence-corrected chi connectivity index (χ3v) is 3.60. The summed E-state index contributed by atoms with van der Waals surface area (Å²) in [6, 6.07) is 20.2. The van der Waals surface area contributed by atoms with Gasteiger partial charge in [-0.05, 0) is 38.0 Å². The lowest BCUT2D eigenvalue weighted by Gasteiger charge is -2.27. The molecule has 0 fully saturated rings. The largest absolute Gasteiger partial charge is 0.332 e. The number of carbonyl (C=O) groups excluding carboxylic acids is 1. The van der Waals surface area contributed by atoms with Crippen LogP contribution in [0.1, 0.15) is 31.9 Å². The Morgan fingerprint density at radius 2 is 1.55 bits per heavy atom. The molecule has 0 unspecified atom stereocenters. The molecule has 2 rings (SSSR count). The van der Waals surface area contributed by atoms with Gasteiger partial charge in [0.1, 0.15) is 0 Å². The normalized spacial score (nSPS) is 11.5. The van der Waals surface area contributed by atoms with E-state index in [0.717, 1.165) is 16.7 Å². The number of nitrogens with zero attached hydrogens (tertiary/aromatic N) is 1. The molecule has 2 heteroatoms. The summed E-state index contributed by atoms with van der Waals surface area (Å²) in [7, 11) is 0. The van der Waals surface area contributed by atoms with Crippen LogP contribution >= 0.6 is 0 Å². The lowest BCUT2D eigenvalue weighted by atomic mass is 10.1. The summed E-state index contributed by atoms with van der Waals surface area (Å²) in [4.78, 5) is 14.7. The van der Waals surface area contributed by atoms with Crippen molar-refractivity contribution < 1.29 is 4.79 Å². The average molecular weight is 293 g/mol. The molecular weight excluding hydrogens is 270 g/mol. The Kier molecular flexibility index (Phi) is 5.54. The van der Waals surface area contributed by atoms with Gasteiger partial charge >= 0.3 is 0 Å². The van der Waals surface area contributed by atoms with Crippen LogP contribution in [0, 0.1) is 0 Å². The number of hydrogen-bond acceptors (Lipinski definition) is 1. The van der Waals surface area contributed by atoms with Gasteiger partial charge in [0.2, 0.25) is 5.91 Å². The minimum Gasteiger partial charge on any atom is -0.332 e. The van der Waals surface area contributed by atoms with Crippen molar-refractivity contribution in [2.75, 3.05) is 0 Å². The number of rotatable bonds is 5. The summed E-state index contributed by atoms with van der Waals surface area (Å²) >= 11 is 0. The van der Waals surface area contributed by atoms with E-state index in [1.54, 1.807) is 0 Å². The van der Waals surface area contributed by atoms with Crippen molar-refractivity contribution in [3.63, 3.8) is 0 Å². The molecular formula is C20H23NO. The topological polar surface area (TPSA) is 20.3 Å². The summed E-state index contributed by atoms with van der Waals surface area (Å²) in [5.41, 5.74) is 2.96. The Labute approximate surface area is 133 Å². The summed E-state index contributed by atoms with van der Waals surface area (Å²) in [6.45, 7) is 6.63. The van der Waals surface area contributed by atoms with Gasteiger partial charge in [-0.2, -0.15) is 0 Å².